The van der Waals surface area contributed by atoms with Gasteiger partial charge in [-0.2, -0.15) is 0 Å². The quantitative estimate of drug-likeness (QED) is 0.255. The summed E-state index contributed by atoms with van der Waals surface area (Å²) in [7, 11) is 1.55. The molecule has 1 aliphatic rings. The van der Waals surface area contributed by atoms with E-state index < -0.39 is 6.04 Å². The maximum absolute atomic E-state index is 11.8. The average molecular weight is 553 g/mol. The molecule has 2 atom stereocenters. The highest BCUT2D eigenvalue weighted by atomic mass is 35.5. The Bertz CT molecular complexity index is 1480. The number of pyridine rings is 1. The SMILES string of the molecule is COc1ccc(N2C(=S)N[C@H](c3ccccn3)[C@@H]2c2ccc(-c3cccc(Cl)c3Cl)o2)cc1NC(C)=O. The minimum Gasteiger partial charge on any atom is -0.495 e. The first kappa shape index (κ1) is 25.1. The Labute approximate surface area is 229 Å². The van der Waals surface area contributed by atoms with Crippen LogP contribution in [0.4, 0.5) is 11.4 Å². The molecule has 7 nitrogen and oxygen atoms in total. The molecule has 1 fully saturated rings. The number of carbonyl (C=O) groups excluding carboxylic acids is 1. The summed E-state index contributed by atoms with van der Waals surface area (Å²) in [5, 5.41) is 7.56. The first-order valence-electron chi connectivity index (χ1n) is 11.4. The van der Waals surface area contributed by atoms with Gasteiger partial charge in [0.15, 0.2) is 5.11 Å². The zero-order valence-corrected chi connectivity index (χ0v) is 22.2. The van der Waals surface area contributed by atoms with Crippen LogP contribution in [-0.4, -0.2) is 23.1 Å². The molecule has 37 heavy (non-hydrogen) atoms. The number of methoxy groups -OCH3 is 1. The summed E-state index contributed by atoms with van der Waals surface area (Å²) in [6, 6.07) is 19.7. The van der Waals surface area contributed by atoms with Gasteiger partial charge in [-0.25, -0.2) is 0 Å². The van der Waals surface area contributed by atoms with Crippen molar-refractivity contribution in [2.24, 2.45) is 0 Å². The van der Waals surface area contributed by atoms with E-state index in [2.05, 4.69) is 15.6 Å². The fourth-order valence-electron chi connectivity index (χ4n) is 4.41. The van der Waals surface area contributed by atoms with Gasteiger partial charge >= 0.3 is 0 Å². The van der Waals surface area contributed by atoms with Gasteiger partial charge in [0, 0.05) is 24.4 Å². The number of amides is 1. The van der Waals surface area contributed by atoms with Crippen molar-refractivity contribution >= 4 is 57.8 Å². The van der Waals surface area contributed by atoms with Crippen LogP contribution in [0.3, 0.4) is 0 Å². The minimum absolute atomic E-state index is 0.213. The number of nitrogens with zero attached hydrogens (tertiary/aromatic N) is 2. The molecule has 5 rings (SSSR count). The average Bonchev–Trinajstić information content (AvgIpc) is 3.50. The fourth-order valence-corrected chi connectivity index (χ4v) is 5.15. The molecule has 3 heterocycles. The summed E-state index contributed by atoms with van der Waals surface area (Å²) >= 11 is 18.5. The lowest BCUT2D eigenvalue weighted by Crippen LogP contribution is -2.29. The molecular weight excluding hydrogens is 531 g/mol. The van der Waals surface area contributed by atoms with Gasteiger partial charge < -0.3 is 24.7 Å². The topological polar surface area (TPSA) is 79.6 Å². The van der Waals surface area contributed by atoms with Gasteiger partial charge in [0.1, 0.15) is 23.3 Å². The zero-order valence-electron chi connectivity index (χ0n) is 19.9. The predicted octanol–water partition coefficient (Wildman–Crippen LogP) is 6.79. The molecular formula is C27H22Cl2N4O3S. The molecule has 0 aliphatic carbocycles. The van der Waals surface area contributed by atoms with Crippen molar-refractivity contribution in [1.29, 1.82) is 0 Å². The Hall–Kier alpha value is -3.59. The Morgan fingerprint density at radius 1 is 1.14 bits per heavy atom. The minimum atomic E-state index is -0.396. The van der Waals surface area contributed by atoms with Crippen molar-refractivity contribution in [3.8, 4) is 17.1 Å². The lowest BCUT2D eigenvalue weighted by Gasteiger charge is -2.27. The number of benzene rings is 2. The second kappa shape index (κ2) is 10.4. The van der Waals surface area contributed by atoms with Gasteiger partial charge in [-0.1, -0.05) is 35.3 Å². The molecule has 2 N–H and O–H groups in total. The van der Waals surface area contributed by atoms with Gasteiger partial charge in [0.25, 0.3) is 0 Å². The van der Waals surface area contributed by atoms with Crippen molar-refractivity contribution in [1.82, 2.24) is 10.3 Å². The van der Waals surface area contributed by atoms with Crippen LogP contribution in [0.5, 0.6) is 5.75 Å². The maximum Gasteiger partial charge on any atom is 0.221 e. The summed E-state index contributed by atoms with van der Waals surface area (Å²) in [5.41, 5.74) is 2.75. The highest BCUT2D eigenvalue weighted by Gasteiger charge is 2.43. The number of rotatable bonds is 6. The summed E-state index contributed by atoms with van der Waals surface area (Å²) in [4.78, 5) is 18.3. The second-order valence-electron chi connectivity index (χ2n) is 8.37. The van der Waals surface area contributed by atoms with Crippen LogP contribution in [0.25, 0.3) is 11.3 Å². The van der Waals surface area contributed by atoms with Crippen molar-refractivity contribution in [2.75, 3.05) is 17.3 Å². The normalized spacial score (nSPS) is 17.0. The molecule has 0 spiro atoms. The van der Waals surface area contributed by atoms with Gasteiger partial charge in [0.05, 0.1) is 34.6 Å². The highest BCUT2D eigenvalue weighted by molar-refractivity contribution is 7.80. The number of hydrogen-bond acceptors (Lipinski definition) is 5. The molecule has 0 saturated carbocycles. The van der Waals surface area contributed by atoms with E-state index in [1.54, 1.807) is 25.4 Å². The predicted molar refractivity (Wildman–Crippen MR) is 149 cm³/mol. The van der Waals surface area contributed by atoms with Crippen LogP contribution < -0.4 is 20.3 Å². The molecule has 2 aromatic heterocycles. The van der Waals surface area contributed by atoms with Crippen molar-refractivity contribution < 1.29 is 13.9 Å². The fraction of sp³-hybridized carbons (Fsp3) is 0.148. The first-order chi connectivity index (χ1) is 17.9. The van der Waals surface area contributed by atoms with Crippen LogP contribution >= 0.6 is 35.4 Å². The van der Waals surface area contributed by atoms with E-state index in [9.17, 15) is 4.79 Å². The third-order valence-electron chi connectivity index (χ3n) is 6.01. The van der Waals surface area contributed by atoms with Gasteiger partial charge in [0.2, 0.25) is 5.91 Å². The summed E-state index contributed by atoms with van der Waals surface area (Å²) in [5.74, 6) is 1.54. The number of halogens is 2. The molecule has 0 bridgehead atoms. The lowest BCUT2D eigenvalue weighted by molar-refractivity contribution is -0.114. The Kier molecular flexibility index (Phi) is 7.06. The Balaban J connectivity index is 1.62. The zero-order chi connectivity index (χ0) is 26.1. The van der Waals surface area contributed by atoms with E-state index in [1.165, 1.54) is 6.92 Å². The largest absolute Gasteiger partial charge is 0.495 e. The van der Waals surface area contributed by atoms with Crippen LogP contribution in [0.2, 0.25) is 10.0 Å². The van der Waals surface area contributed by atoms with Crippen LogP contribution in [0.1, 0.15) is 30.5 Å². The summed E-state index contributed by atoms with van der Waals surface area (Å²) in [6.07, 6.45) is 1.74. The molecule has 10 heteroatoms. The number of ether oxygens (including phenoxy) is 1. The van der Waals surface area contributed by atoms with Gasteiger partial charge in [-0.05, 0) is 66.8 Å². The highest BCUT2D eigenvalue weighted by Crippen LogP contribution is 2.45. The second-order valence-corrected chi connectivity index (χ2v) is 9.54. The molecule has 1 amide bonds. The smallest absolute Gasteiger partial charge is 0.221 e. The number of nitrogens with one attached hydrogen (secondary N) is 2. The molecule has 188 valence electrons. The van der Waals surface area contributed by atoms with Crippen LogP contribution in [0.15, 0.2) is 77.3 Å². The van der Waals surface area contributed by atoms with Crippen LogP contribution in [0, 0.1) is 0 Å². The van der Waals surface area contributed by atoms with Crippen molar-refractivity contribution in [3.63, 3.8) is 0 Å². The molecule has 1 saturated heterocycles. The number of thiocarbonyl (C=S) groups is 1. The third-order valence-corrected chi connectivity index (χ3v) is 7.14. The number of anilines is 2. The molecule has 4 aromatic rings. The molecule has 2 aromatic carbocycles. The molecule has 0 radical (unpaired) electrons. The van der Waals surface area contributed by atoms with Crippen LogP contribution in [-0.2, 0) is 4.79 Å². The number of aromatic nitrogens is 1. The van der Waals surface area contributed by atoms with Gasteiger partial charge in [-0.3, -0.25) is 9.78 Å². The number of furan rings is 1. The van der Waals surface area contributed by atoms with E-state index in [0.29, 0.717) is 43.7 Å². The van der Waals surface area contributed by atoms with E-state index >= 15 is 0 Å². The van der Waals surface area contributed by atoms with Crippen molar-refractivity contribution in [2.45, 2.75) is 19.0 Å². The standard InChI is InChI=1S/C27H22Cl2N4O3S/c1-15(34)31-20-14-16(9-10-22(20)35-2)33-26(25(32-27(33)37)19-8-3-4-13-30-19)23-12-11-21(36-23)17-6-5-7-18(28)24(17)29/h3-14,25-26H,1-2H3,(H,31,34)(H,32,37)/t25-,26+/m1/s1. The maximum atomic E-state index is 11.8. The monoisotopic (exact) mass is 552 g/mol. The summed E-state index contributed by atoms with van der Waals surface area (Å²) in [6.45, 7) is 1.44. The van der Waals surface area contributed by atoms with E-state index in [0.717, 1.165) is 11.4 Å². The Morgan fingerprint density at radius 3 is 2.70 bits per heavy atom. The molecule has 1 aliphatic heterocycles. The van der Waals surface area contributed by atoms with E-state index in [1.807, 2.05) is 59.5 Å². The lowest BCUT2D eigenvalue weighted by atomic mass is 10.0. The van der Waals surface area contributed by atoms with E-state index in [-0.39, 0.29) is 11.9 Å². The molecule has 0 unspecified atom stereocenters. The number of carbonyl (C=O) groups is 1. The Morgan fingerprint density at radius 2 is 1.97 bits per heavy atom. The third kappa shape index (κ3) is 4.87. The van der Waals surface area contributed by atoms with E-state index in [4.69, 9.17) is 44.6 Å². The summed E-state index contributed by atoms with van der Waals surface area (Å²) < 4.78 is 11.8. The van der Waals surface area contributed by atoms with Gasteiger partial charge in [-0.15, -0.1) is 0 Å². The first-order valence-corrected chi connectivity index (χ1v) is 12.5. The number of hydrogen-bond donors (Lipinski definition) is 2. The van der Waals surface area contributed by atoms with Crippen molar-refractivity contribution in [3.05, 3.63) is 94.4 Å².